The summed E-state index contributed by atoms with van der Waals surface area (Å²) >= 11 is 0. The molecule has 2 rings (SSSR count). The van der Waals surface area contributed by atoms with Gasteiger partial charge < -0.3 is 5.11 Å². The molecule has 16 heavy (non-hydrogen) atoms. The molecule has 1 aromatic carbocycles. The molecule has 0 bridgehead atoms. The van der Waals surface area contributed by atoms with Crippen molar-refractivity contribution in [2.24, 2.45) is 5.92 Å². The van der Waals surface area contributed by atoms with Crippen LogP contribution in [0.25, 0.3) is 0 Å². The Labute approximate surface area is 96.3 Å². The number of rotatable bonds is 4. The summed E-state index contributed by atoms with van der Waals surface area (Å²) in [6.45, 7) is -0.239. The fraction of sp³-hybridized carbons (Fsp3) is 0.571. The van der Waals surface area contributed by atoms with Crippen molar-refractivity contribution in [2.45, 2.75) is 38.2 Å². The molecule has 0 amide bonds. The Balaban J connectivity index is 2.18. The number of hydrogen-bond acceptors (Lipinski definition) is 1. The van der Waals surface area contributed by atoms with Crippen LogP contribution in [0.15, 0.2) is 24.3 Å². The van der Waals surface area contributed by atoms with Crippen molar-refractivity contribution in [2.75, 3.05) is 6.67 Å². The lowest BCUT2D eigenvalue weighted by atomic mass is 9.85. The van der Waals surface area contributed by atoms with E-state index in [-0.39, 0.29) is 19.2 Å². The Morgan fingerprint density at radius 3 is 2.69 bits per heavy atom. The van der Waals surface area contributed by atoms with Crippen LogP contribution in [0.1, 0.15) is 42.7 Å². The Morgan fingerprint density at radius 2 is 2.06 bits per heavy atom. The van der Waals surface area contributed by atoms with Gasteiger partial charge in [-0.05, 0) is 29.9 Å². The second kappa shape index (κ2) is 5.44. The molecule has 1 atom stereocenters. The van der Waals surface area contributed by atoms with Gasteiger partial charge in [0.25, 0.3) is 0 Å². The first-order chi connectivity index (χ1) is 7.85. The molecule has 0 heterocycles. The van der Waals surface area contributed by atoms with Crippen molar-refractivity contribution in [3.8, 4) is 0 Å². The van der Waals surface area contributed by atoms with Gasteiger partial charge in [-0.15, -0.1) is 0 Å². The van der Waals surface area contributed by atoms with Gasteiger partial charge in [0.2, 0.25) is 0 Å². The molecule has 1 aliphatic carbocycles. The van der Waals surface area contributed by atoms with E-state index < -0.39 is 0 Å². The zero-order chi connectivity index (χ0) is 11.4. The van der Waals surface area contributed by atoms with E-state index in [4.69, 9.17) is 5.11 Å². The SMILES string of the molecule is OCc1cccc(C(CF)C2CCCC2)c1. The number of alkyl halides is 1. The number of hydrogen-bond donors (Lipinski definition) is 1. The van der Waals surface area contributed by atoms with Gasteiger partial charge in [0.15, 0.2) is 0 Å². The number of benzene rings is 1. The summed E-state index contributed by atoms with van der Waals surface area (Å²) in [7, 11) is 0. The lowest BCUT2D eigenvalue weighted by molar-refractivity contribution is 0.281. The topological polar surface area (TPSA) is 20.2 Å². The summed E-state index contributed by atoms with van der Waals surface area (Å²) in [6.07, 6.45) is 4.78. The molecule has 1 aliphatic rings. The molecule has 88 valence electrons. The first-order valence-electron chi connectivity index (χ1n) is 6.11. The summed E-state index contributed by atoms with van der Waals surface area (Å²) in [6, 6.07) is 7.73. The van der Waals surface area contributed by atoms with Crippen molar-refractivity contribution in [1.82, 2.24) is 0 Å². The normalized spacial score (nSPS) is 18.9. The maximum absolute atomic E-state index is 13.2. The quantitative estimate of drug-likeness (QED) is 0.827. The van der Waals surface area contributed by atoms with E-state index in [0.717, 1.165) is 24.0 Å². The predicted molar refractivity (Wildman–Crippen MR) is 63.0 cm³/mol. The van der Waals surface area contributed by atoms with E-state index in [9.17, 15) is 4.39 Å². The van der Waals surface area contributed by atoms with Crippen molar-refractivity contribution in [3.63, 3.8) is 0 Å². The summed E-state index contributed by atoms with van der Waals surface area (Å²) in [5, 5.41) is 9.09. The zero-order valence-corrected chi connectivity index (χ0v) is 9.53. The van der Waals surface area contributed by atoms with E-state index in [1.54, 1.807) is 0 Å². The van der Waals surface area contributed by atoms with Crippen LogP contribution < -0.4 is 0 Å². The predicted octanol–water partition coefficient (Wildman–Crippen LogP) is 3.42. The summed E-state index contributed by atoms with van der Waals surface area (Å²) in [5.41, 5.74) is 1.94. The van der Waals surface area contributed by atoms with Crippen LogP contribution in [0, 0.1) is 5.92 Å². The highest BCUT2D eigenvalue weighted by molar-refractivity contribution is 5.27. The third kappa shape index (κ3) is 2.43. The van der Waals surface area contributed by atoms with Crippen LogP contribution in [-0.4, -0.2) is 11.8 Å². The van der Waals surface area contributed by atoms with Gasteiger partial charge in [0, 0.05) is 5.92 Å². The molecule has 1 aromatic rings. The molecule has 0 radical (unpaired) electrons. The van der Waals surface area contributed by atoms with Crippen LogP contribution in [-0.2, 0) is 6.61 Å². The monoisotopic (exact) mass is 222 g/mol. The molecule has 0 aromatic heterocycles. The largest absolute Gasteiger partial charge is 0.392 e. The molecule has 1 N–H and O–H groups in total. The third-order valence-corrected chi connectivity index (χ3v) is 3.70. The maximum Gasteiger partial charge on any atom is 0.0965 e. The Bertz CT molecular complexity index is 331. The minimum absolute atomic E-state index is 0.0361. The van der Waals surface area contributed by atoms with E-state index in [1.165, 1.54) is 12.8 Å². The van der Waals surface area contributed by atoms with Crippen molar-refractivity contribution >= 4 is 0 Å². The van der Waals surface area contributed by atoms with E-state index in [2.05, 4.69) is 0 Å². The minimum atomic E-state index is -0.278. The van der Waals surface area contributed by atoms with Gasteiger partial charge in [-0.25, -0.2) is 0 Å². The minimum Gasteiger partial charge on any atom is -0.392 e. The van der Waals surface area contributed by atoms with E-state index in [1.807, 2.05) is 24.3 Å². The fourth-order valence-corrected chi connectivity index (χ4v) is 2.77. The molecule has 1 fully saturated rings. The van der Waals surface area contributed by atoms with Crippen molar-refractivity contribution in [1.29, 1.82) is 0 Å². The molecule has 0 spiro atoms. The van der Waals surface area contributed by atoms with Crippen LogP contribution in [0.3, 0.4) is 0 Å². The Kier molecular flexibility index (Phi) is 3.94. The number of halogens is 1. The van der Waals surface area contributed by atoms with E-state index in [0.29, 0.717) is 5.92 Å². The average molecular weight is 222 g/mol. The van der Waals surface area contributed by atoms with Crippen molar-refractivity contribution in [3.05, 3.63) is 35.4 Å². The molecule has 1 nitrogen and oxygen atoms in total. The highest BCUT2D eigenvalue weighted by atomic mass is 19.1. The first kappa shape index (κ1) is 11.6. The van der Waals surface area contributed by atoms with Gasteiger partial charge in [-0.1, -0.05) is 37.1 Å². The van der Waals surface area contributed by atoms with Crippen LogP contribution >= 0.6 is 0 Å². The Hall–Kier alpha value is -0.890. The first-order valence-corrected chi connectivity index (χ1v) is 6.11. The third-order valence-electron chi connectivity index (χ3n) is 3.70. The lowest BCUT2D eigenvalue weighted by Crippen LogP contribution is -2.12. The molecular weight excluding hydrogens is 203 g/mol. The standard InChI is InChI=1S/C14H19FO/c15-9-14(12-5-1-2-6-12)13-7-3-4-11(8-13)10-16/h3-4,7-8,12,14,16H,1-2,5-6,9-10H2. The van der Waals surface area contributed by atoms with Gasteiger partial charge in [-0.3, -0.25) is 4.39 Å². The van der Waals surface area contributed by atoms with Gasteiger partial charge in [-0.2, -0.15) is 0 Å². The molecule has 0 aliphatic heterocycles. The summed E-state index contributed by atoms with van der Waals surface area (Å²) < 4.78 is 13.2. The lowest BCUT2D eigenvalue weighted by Gasteiger charge is -2.21. The van der Waals surface area contributed by atoms with Gasteiger partial charge >= 0.3 is 0 Å². The molecule has 2 heteroatoms. The molecule has 1 unspecified atom stereocenters. The number of aliphatic hydroxyl groups excluding tert-OH is 1. The molecule has 1 saturated carbocycles. The van der Waals surface area contributed by atoms with Gasteiger partial charge in [0.1, 0.15) is 0 Å². The smallest absolute Gasteiger partial charge is 0.0965 e. The molecular formula is C14H19FO. The average Bonchev–Trinajstić information content (AvgIpc) is 2.84. The number of aliphatic hydroxyl groups is 1. The van der Waals surface area contributed by atoms with Crippen molar-refractivity contribution < 1.29 is 9.50 Å². The maximum atomic E-state index is 13.2. The highest BCUT2D eigenvalue weighted by Crippen LogP contribution is 2.37. The summed E-state index contributed by atoms with van der Waals surface area (Å²) in [5.74, 6) is 0.535. The second-order valence-corrected chi connectivity index (χ2v) is 4.71. The second-order valence-electron chi connectivity index (χ2n) is 4.71. The highest BCUT2D eigenvalue weighted by Gasteiger charge is 2.26. The summed E-state index contributed by atoms with van der Waals surface area (Å²) in [4.78, 5) is 0. The Morgan fingerprint density at radius 1 is 1.31 bits per heavy atom. The van der Waals surface area contributed by atoms with Crippen LogP contribution in [0.4, 0.5) is 4.39 Å². The zero-order valence-electron chi connectivity index (χ0n) is 9.53. The van der Waals surface area contributed by atoms with E-state index >= 15 is 0 Å². The van der Waals surface area contributed by atoms with Crippen LogP contribution in [0.2, 0.25) is 0 Å². The van der Waals surface area contributed by atoms with Crippen LogP contribution in [0.5, 0.6) is 0 Å². The fourth-order valence-electron chi connectivity index (χ4n) is 2.77. The molecule has 0 saturated heterocycles. The van der Waals surface area contributed by atoms with Gasteiger partial charge in [0.05, 0.1) is 13.3 Å².